The molecule has 0 bridgehead atoms. The Labute approximate surface area is 137 Å². The van der Waals surface area contributed by atoms with Crippen molar-refractivity contribution >= 4 is 11.8 Å². The molecule has 0 spiro atoms. The SMILES string of the molecule is CCOC(=O)C1C=CC(C2=CNC(=N[C@@H](C)CC)CC2)=CC1F. The summed E-state index contributed by atoms with van der Waals surface area (Å²) < 4.78 is 19.1. The van der Waals surface area contributed by atoms with E-state index in [9.17, 15) is 9.18 Å². The lowest BCUT2D eigenvalue weighted by atomic mass is 9.89. The summed E-state index contributed by atoms with van der Waals surface area (Å²) in [5.41, 5.74) is 1.86. The molecule has 23 heavy (non-hydrogen) atoms. The van der Waals surface area contributed by atoms with Crippen molar-refractivity contribution in [2.24, 2.45) is 10.9 Å². The fraction of sp³-hybridized carbons (Fsp3) is 0.556. The standard InChI is InChI=1S/C18H25FN2O2/c1-4-12(3)21-17-9-7-14(11-20-17)13-6-8-15(16(19)10-13)18(22)23-5-2/h6,8,10-12,15-16H,4-5,7,9H2,1-3H3,(H,20,21)/t12-,15?,16?/m0/s1. The van der Waals surface area contributed by atoms with Gasteiger partial charge in [-0.2, -0.15) is 0 Å². The van der Waals surface area contributed by atoms with E-state index in [2.05, 4.69) is 24.2 Å². The molecule has 0 radical (unpaired) electrons. The molecule has 0 saturated carbocycles. The van der Waals surface area contributed by atoms with Crippen molar-refractivity contribution < 1.29 is 13.9 Å². The second-order valence-electron chi connectivity index (χ2n) is 5.85. The molecule has 1 N–H and O–H groups in total. The van der Waals surface area contributed by atoms with E-state index < -0.39 is 18.1 Å². The van der Waals surface area contributed by atoms with Crippen LogP contribution in [-0.2, 0) is 9.53 Å². The topological polar surface area (TPSA) is 50.7 Å². The predicted octanol–water partition coefficient (Wildman–Crippen LogP) is 3.46. The van der Waals surface area contributed by atoms with Gasteiger partial charge in [0.1, 0.15) is 17.9 Å². The molecule has 0 fully saturated rings. The minimum atomic E-state index is -1.34. The van der Waals surface area contributed by atoms with Gasteiger partial charge in [0.05, 0.1) is 6.61 Å². The number of amidine groups is 1. The van der Waals surface area contributed by atoms with Gasteiger partial charge in [0.2, 0.25) is 0 Å². The van der Waals surface area contributed by atoms with Crippen LogP contribution in [0.15, 0.2) is 40.6 Å². The molecule has 0 aromatic carbocycles. The number of ether oxygens (including phenoxy) is 1. The average Bonchev–Trinajstić information content (AvgIpc) is 2.55. The first kappa shape index (κ1) is 17.4. The van der Waals surface area contributed by atoms with Crippen molar-refractivity contribution in [2.45, 2.75) is 52.2 Å². The highest BCUT2D eigenvalue weighted by Gasteiger charge is 2.29. The molecule has 4 nitrogen and oxygen atoms in total. The second-order valence-corrected chi connectivity index (χ2v) is 5.85. The lowest BCUT2D eigenvalue weighted by Gasteiger charge is -2.23. The van der Waals surface area contributed by atoms with Crippen LogP contribution in [0.3, 0.4) is 0 Å². The largest absolute Gasteiger partial charge is 0.465 e. The average molecular weight is 320 g/mol. The maximum Gasteiger partial charge on any atom is 0.316 e. The minimum absolute atomic E-state index is 0.264. The van der Waals surface area contributed by atoms with Crippen molar-refractivity contribution in [3.63, 3.8) is 0 Å². The van der Waals surface area contributed by atoms with Gasteiger partial charge in [-0.1, -0.05) is 19.1 Å². The summed E-state index contributed by atoms with van der Waals surface area (Å²) in [5.74, 6) is -0.367. The number of aliphatic imine (C=N–C) groups is 1. The van der Waals surface area contributed by atoms with E-state index in [0.717, 1.165) is 36.2 Å². The number of carbonyl (C=O) groups excluding carboxylic acids is 1. The Kier molecular flexibility index (Phi) is 6.13. The number of hydrogen-bond acceptors (Lipinski definition) is 3. The molecule has 1 aliphatic heterocycles. The van der Waals surface area contributed by atoms with Crippen LogP contribution < -0.4 is 5.32 Å². The highest BCUT2D eigenvalue weighted by molar-refractivity contribution is 5.85. The van der Waals surface area contributed by atoms with Gasteiger partial charge in [-0.3, -0.25) is 9.79 Å². The van der Waals surface area contributed by atoms with Crippen molar-refractivity contribution in [2.75, 3.05) is 6.61 Å². The van der Waals surface area contributed by atoms with Crippen LogP contribution >= 0.6 is 0 Å². The Balaban J connectivity index is 2.02. The summed E-state index contributed by atoms with van der Waals surface area (Å²) in [4.78, 5) is 16.3. The number of nitrogens with zero attached hydrogens (tertiary/aromatic N) is 1. The Bertz CT molecular complexity index is 563. The smallest absolute Gasteiger partial charge is 0.316 e. The summed E-state index contributed by atoms with van der Waals surface area (Å²) in [6.07, 6.45) is 8.10. The summed E-state index contributed by atoms with van der Waals surface area (Å²) >= 11 is 0. The van der Waals surface area contributed by atoms with E-state index in [1.165, 1.54) is 6.08 Å². The highest BCUT2D eigenvalue weighted by atomic mass is 19.1. The maximum atomic E-state index is 14.2. The molecule has 3 atom stereocenters. The van der Waals surface area contributed by atoms with Crippen molar-refractivity contribution in [3.05, 3.63) is 35.6 Å². The Morgan fingerprint density at radius 3 is 2.83 bits per heavy atom. The Morgan fingerprint density at radius 1 is 1.48 bits per heavy atom. The third kappa shape index (κ3) is 4.53. The molecule has 1 heterocycles. The van der Waals surface area contributed by atoms with Crippen LogP contribution in [0.5, 0.6) is 0 Å². The normalized spacial score (nSPS) is 27.0. The van der Waals surface area contributed by atoms with Gasteiger partial charge in [0.25, 0.3) is 0 Å². The first-order chi connectivity index (χ1) is 11.0. The van der Waals surface area contributed by atoms with Crippen molar-refractivity contribution in [1.82, 2.24) is 5.32 Å². The predicted molar refractivity (Wildman–Crippen MR) is 89.9 cm³/mol. The molecule has 2 unspecified atom stereocenters. The van der Waals surface area contributed by atoms with Gasteiger partial charge in [-0.15, -0.1) is 0 Å². The van der Waals surface area contributed by atoms with Gasteiger partial charge in [-0.05, 0) is 43.9 Å². The lowest BCUT2D eigenvalue weighted by Crippen LogP contribution is -2.28. The van der Waals surface area contributed by atoms with Crippen molar-refractivity contribution in [1.29, 1.82) is 0 Å². The number of nitrogens with one attached hydrogen (secondary N) is 1. The number of esters is 1. The molecule has 1 aliphatic carbocycles. The third-order valence-electron chi connectivity index (χ3n) is 4.11. The zero-order valence-electron chi connectivity index (χ0n) is 14.0. The van der Waals surface area contributed by atoms with Gasteiger partial charge >= 0.3 is 5.97 Å². The van der Waals surface area contributed by atoms with E-state index in [4.69, 9.17) is 4.74 Å². The number of rotatable bonds is 5. The van der Waals surface area contributed by atoms with Gasteiger partial charge in [-0.25, -0.2) is 4.39 Å². The molecule has 0 amide bonds. The molecular weight excluding hydrogens is 295 g/mol. The number of hydrogen-bond donors (Lipinski definition) is 1. The summed E-state index contributed by atoms with van der Waals surface area (Å²) in [7, 11) is 0. The molecule has 2 aliphatic rings. The molecular formula is C18H25FN2O2. The summed E-state index contributed by atoms with van der Waals surface area (Å²) in [5, 5.41) is 3.20. The summed E-state index contributed by atoms with van der Waals surface area (Å²) in [6.45, 7) is 6.18. The van der Waals surface area contributed by atoms with Crippen LogP contribution in [0.25, 0.3) is 0 Å². The van der Waals surface area contributed by atoms with Gasteiger partial charge in [0, 0.05) is 18.7 Å². The number of alkyl halides is 1. The van der Waals surface area contributed by atoms with E-state index in [1.54, 1.807) is 13.0 Å². The fourth-order valence-electron chi connectivity index (χ4n) is 2.56. The maximum absolute atomic E-state index is 14.2. The Morgan fingerprint density at radius 2 is 2.26 bits per heavy atom. The zero-order chi connectivity index (χ0) is 16.8. The van der Waals surface area contributed by atoms with Crippen molar-refractivity contribution in [3.8, 4) is 0 Å². The molecule has 0 aromatic heterocycles. The number of halogens is 1. The van der Waals surface area contributed by atoms with E-state index in [0.29, 0.717) is 6.04 Å². The minimum Gasteiger partial charge on any atom is -0.465 e. The zero-order valence-corrected chi connectivity index (χ0v) is 14.0. The summed E-state index contributed by atoms with van der Waals surface area (Å²) in [6, 6.07) is 0.307. The quantitative estimate of drug-likeness (QED) is 0.789. The molecule has 126 valence electrons. The van der Waals surface area contributed by atoms with Crippen LogP contribution in [0.2, 0.25) is 0 Å². The van der Waals surface area contributed by atoms with Gasteiger partial charge in [0.15, 0.2) is 0 Å². The van der Waals surface area contributed by atoms with Gasteiger partial charge < -0.3 is 10.1 Å². The molecule has 5 heteroatoms. The molecule has 0 saturated heterocycles. The first-order valence-corrected chi connectivity index (χ1v) is 8.28. The second kappa shape index (κ2) is 8.09. The van der Waals surface area contributed by atoms with E-state index >= 15 is 0 Å². The van der Waals surface area contributed by atoms with Crippen LogP contribution in [0, 0.1) is 5.92 Å². The molecule has 2 rings (SSSR count). The van der Waals surface area contributed by atoms with E-state index in [1.807, 2.05) is 12.3 Å². The van der Waals surface area contributed by atoms with Crippen LogP contribution in [0.1, 0.15) is 40.0 Å². The van der Waals surface area contributed by atoms with Crippen LogP contribution in [0.4, 0.5) is 4.39 Å². The monoisotopic (exact) mass is 320 g/mol. The Hall–Kier alpha value is -1.91. The first-order valence-electron chi connectivity index (χ1n) is 8.28. The highest BCUT2D eigenvalue weighted by Crippen LogP contribution is 2.28. The number of allylic oxidation sites excluding steroid dienone is 4. The lowest BCUT2D eigenvalue weighted by molar-refractivity contribution is -0.147. The fourth-order valence-corrected chi connectivity index (χ4v) is 2.56. The number of carbonyl (C=O) groups is 1. The van der Waals surface area contributed by atoms with Crippen LogP contribution in [-0.4, -0.2) is 30.6 Å². The molecule has 0 aromatic rings. The van der Waals surface area contributed by atoms with E-state index in [-0.39, 0.29) is 6.61 Å². The third-order valence-corrected chi connectivity index (χ3v) is 4.11.